The summed E-state index contributed by atoms with van der Waals surface area (Å²) < 4.78 is 5.61. The average Bonchev–Trinajstić information content (AvgIpc) is 1.89. The van der Waals surface area contributed by atoms with Gasteiger partial charge in [0.2, 0.25) is 0 Å². The van der Waals surface area contributed by atoms with E-state index < -0.39 is 14.2 Å². The summed E-state index contributed by atoms with van der Waals surface area (Å²) in [5, 5.41) is 0. The van der Waals surface area contributed by atoms with Crippen molar-refractivity contribution in [2.45, 2.75) is 17.8 Å². The SMILES string of the molecule is C=C[Te](I)(C=C)CCC. The van der Waals surface area contributed by atoms with E-state index in [-0.39, 0.29) is 0 Å². The summed E-state index contributed by atoms with van der Waals surface area (Å²) >= 11 is 0.867. The first-order valence-corrected chi connectivity index (χ1v) is 14.1. The molecule has 0 spiro atoms. The third kappa shape index (κ3) is 3.64. The van der Waals surface area contributed by atoms with Crippen molar-refractivity contribution in [3.63, 3.8) is 0 Å². The van der Waals surface area contributed by atoms with Crippen LogP contribution in [0.1, 0.15) is 13.3 Å². The van der Waals surface area contributed by atoms with Gasteiger partial charge >= 0.3 is 72.1 Å². The van der Waals surface area contributed by atoms with Crippen LogP contribution in [0.2, 0.25) is 4.47 Å². The third-order valence-electron chi connectivity index (χ3n) is 1.07. The van der Waals surface area contributed by atoms with E-state index in [2.05, 4.69) is 47.0 Å². The van der Waals surface area contributed by atoms with Gasteiger partial charge < -0.3 is 0 Å². The quantitative estimate of drug-likeness (QED) is 0.539. The van der Waals surface area contributed by atoms with Crippen molar-refractivity contribution >= 4 is 32.9 Å². The standard InChI is InChI=1S/C7H13ITe/c1-4-7-9(8,5-2)6-3/h5-6H,2-4,7H2,1H3. The van der Waals surface area contributed by atoms with Gasteiger partial charge in [0.05, 0.1) is 0 Å². The summed E-state index contributed by atoms with van der Waals surface area (Å²) in [6.45, 7) is 9.87. The van der Waals surface area contributed by atoms with Crippen LogP contribution < -0.4 is 0 Å². The van der Waals surface area contributed by atoms with E-state index in [0.717, 1.165) is 0 Å². The second-order valence-electron chi connectivity index (χ2n) is 1.79. The molecule has 0 saturated carbocycles. The number of rotatable bonds is 4. The monoisotopic (exact) mass is 354 g/mol. The van der Waals surface area contributed by atoms with Crippen LogP contribution in [0, 0.1) is 0 Å². The van der Waals surface area contributed by atoms with Crippen LogP contribution in [0.3, 0.4) is 0 Å². The number of hydrogen-bond donors (Lipinski definition) is 0. The summed E-state index contributed by atoms with van der Waals surface area (Å²) in [6, 6.07) is 0. The van der Waals surface area contributed by atoms with Crippen molar-refractivity contribution in [3.8, 4) is 0 Å². The molecule has 0 nitrogen and oxygen atoms in total. The molecule has 0 aliphatic heterocycles. The van der Waals surface area contributed by atoms with Crippen molar-refractivity contribution < 1.29 is 0 Å². The van der Waals surface area contributed by atoms with Gasteiger partial charge in [-0.25, -0.2) is 0 Å². The first-order valence-electron chi connectivity index (χ1n) is 2.94. The molecule has 0 atom stereocenters. The van der Waals surface area contributed by atoms with Gasteiger partial charge in [-0.2, -0.15) is 0 Å². The molecule has 0 heterocycles. The Morgan fingerprint density at radius 2 is 1.89 bits per heavy atom. The van der Waals surface area contributed by atoms with Crippen LogP contribution in [-0.4, -0.2) is 14.2 Å². The molecule has 0 N–H and O–H groups in total. The molecule has 54 valence electrons. The van der Waals surface area contributed by atoms with Gasteiger partial charge in [0.25, 0.3) is 0 Å². The molecule has 0 aliphatic rings. The van der Waals surface area contributed by atoms with Gasteiger partial charge in [-0.15, -0.1) is 0 Å². The predicted molar refractivity (Wildman–Crippen MR) is 55.3 cm³/mol. The van der Waals surface area contributed by atoms with E-state index in [1.165, 1.54) is 10.9 Å². The Kier molecular flexibility index (Phi) is 5.29. The van der Waals surface area contributed by atoms with Gasteiger partial charge in [-0.1, -0.05) is 0 Å². The third-order valence-corrected chi connectivity index (χ3v) is 15.0. The van der Waals surface area contributed by atoms with Crippen LogP contribution in [0.25, 0.3) is 0 Å². The second kappa shape index (κ2) is 4.76. The molecule has 9 heavy (non-hydrogen) atoms. The molecule has 0 aromatic rings. The van der Waals surface area contributed by atoms with Crippen molar-refractivity contribution in [2.24, 2.45) is 0 Å². The molecule has 0 aliphatic carbocycles. The zero-order valence-corrected chi connectivity index (χ0v) is 10.3. The van der Waals surface area contributed by atoms with Crippen molar-refractivity contribution in [3.05, 3.63) is 21.4 Å². The summed E-state index contributed by atoms with van der Waals surface area (Å²) in [6.07, 6.45) is 1.27. The summed E-state index contributed by atoms with van der Waals surface area (Å²) in [5.41, 5.74) is 0. The summed E-state index contributed by atoms with van der Waals surface area (Å²) in [5.74, 6) is 0. The van der Waals surface area contributed by atoms with Gasteiger partial charge in [-0.05, 0) is 0 Å². The fourth-order valence-electron chi connectivity index (χ4n) is 0.548. The van der Waals surface area contributed by atoms with E-state index in [1.807, 2.05) is 0 Å². The van der Waals surface area contributed by atoms with Gasteiger partial charge in [-0.3, -0.25) is 0 Å². The summed E-state index contributed by atoms with van der Waals surface area (Å²) in [7, 11) is 0. The van der Waals surface area contributed by atoms with Crippen molar-refractivity contribution in [2.75, 3.05) is 0 Å². The van der Waals surface area contributed by atoms with Gasteiger partial charge in [0.1, 0.15) is 0 Å². The van der Waals surface area contributed by atoms with Gasteiger partial charge in [0.15, 0.2) is 0 Å². The van der Waals surface area contributed by atoms with Crippen LogP contribution in [0.4, 0.5) is 0 Å². The molecule has 0 unspecified atom stereocenters. The molecule has 0 aromatic carbocycles. The molecule has 0 bridgehead atoms. The second-order valence-corrected chi connectivity index (χ2v) is 20.2. The Morgan fingerprint density at radius 1 is 1.44 bits per heavy atom. The van der Waals surface area contributed by atoms with Gasteiger partial charge in [0, 0.05) is 0 Å². The van der Waals surface area contributed by atoms with Crippen LogP contribution in [-0.2, 0) is 0 Å². The van der Waals surface area contributed by atoms with Crippen LogP contribution >= 0.6 is 18.7 Å². The maximum absolute atomic E-state index is 3.83. The molecule has 0 rings (SSSR count). The van der Waals surface area contributed by atoms with E-state index in [1.54, 1.807) is 0 Å². The Hall–Kier alpha value is 1.000. The normalized spacial score (nSPS) is 12.7. The average molecular weight is 352 g/mol. The number of halogens is 1. The molecule has 0 fully saturated rings. The van der Waals surface area contributed by atoms with E-state index >= 15 is 0 Å². The zero-order valence-electron chi connectivity index (χ0n) is 5.77. The molecule has 0 radical (unpaired) electrons. The molecule has 2 heteroatoms. The minimum atomic E-state index is -1.69. The Bertz CT molecular complexity index is 101. The fourth-order valence-corrected chi connectivity index (χ4v) is 6.63. The predicted octanol–water partition coefficient (Wildman–Crippen LogP) is 3.23. The first kappa shape index (κ1) is 10.00. The zero-order chi connectivity index (χ0) is 7.33. The van der Waals surface area contributed by atoms with E-state index in [9.17, 15) is 0 Å². The fraction of sp³-hybridized carbons (Fsp3) is 0.429. The molecular weight excluding hydrogens is 339 g/mol. The van der Waals surface area contributed by atoms with Crippen molar-refractivity contribution in [1.82, 2.24) is 0 Å². The molecule has 0 amide bonds. The topological polar surface area (TPSA) is 0 Å². The first-order chi connectivity index (χ1) is 4.18. The van der Waals surface area contributed by atoms with Crippen LogP contribution in [0.5, 0.6) is 0 Å². The van der Waals surface area contributed by atoms with Crippen LogP contribution in [0.15, 0.2) is 21.4 Å². The van der Waals surface area contributed by atoms with E-state index in [4.69, 9.17) is 0 Å². The Morgan fingerprint density at radius 3 is 2.00 bits per heavy atom. The summed E-state index contributed by atoms with van der Waals surface area (Å²) in [4.78, 5) is 0. The maximum atomic E-state index is 3.83. The molecular formula is C7H13ITe. The van der Waals surface area contributed by atoms with E-state index in [0.29, 0.717) is 0 Å². The Balaban J connectivity index is 3.91. The van der Waals surface area contributed by atoms with Crippen molar-refractivity contribution in [1.29, 1.82) is 0 Å². The Labute approximate surface area is 71.5 Å². The minimum absolute atomic E-state index is 1.27. The number of hydrogen-bond acceptors (Lipinski definition) is 0. The molecule has 0 saturated heterocycles. The molecule has 0 aromatic heterocycles.